The molecule has 0 radical (unpaired) electrons. The van der Waals surface area contributed by atoms with Crippen molar-refractivity contribution in [1.29, 1.82) is 0 Å². The molecule has 1 atom stereocenters. The summed E-state index contributed by atoms with van der Waals surface area (Å²) in [6.45, 7) is 4.76. The van der Waals surface area contributed by atoms with Gasteiger partial charge in [-0.25, -0.2) is 4.79 Å². The number of rotatable bonds is 8. The second-order valence-electron chi connectivity index (χ2n) is 8.61. The van der Waals surface area contributed by atoms with E-state index in [1.54, 1.807) is 10.8 Å². The summed E-state index contributed by atoms with van der Waals surface area (Å²) in [4.78, 5) is 17.9. The molecule has 0 spiro atoms. The number of H-pyrrole nitrogens is 1. The van der Waals surface area contributed by atoms with Crippen molar-refractivity contribution in [1.82, 2.24) is 34.7 Å². The minimum atomic E-state index is -0.0000941. The third-order valence-electron chi connectivity index (χ3n) is 6.29. The molecule has 0 amide bonds. The molecule has 5 rings (SSSR count). The van der Waals surface area contributed by atoms with E-state index in [9.17, 15) is 4.79 Å². The zero-order valence-electron chi connectivity index (χ0n) is 19.8. The Bertz CT molecular complexity index is 1470. The summed E-state index contributed by atoms with van der Waals surface area (Å²) in [6.07, 6.45) is 7.45. The highest BCUT2D eigenvalue weighted by molar-refractivity contribution is 5.76. The van der Waals surface area contributed by atoms with Crippen LogP contribution in [0.3, 0.4) is 0 Å². The van der Waals surface area contributed by atoms with Gasteiger partial charge in [0.1, 0.15) is 0 Å². The van der Waals surface area contributed by atoms with Gasteiger partial charge in [-0.05, 0) is 47.4 Å². The number of aromatic nitrogens is 7. The van der Waals surface area contributed by atoms with Crippen LogP contribution < -0.4 is 5.69 Å². The average molecular weight is 466 g/mol. The predicted molar refractivity (Wildman–Crippen MR) is 135 cm³/mol. The molecule has 5 aromatic rings. The molecule has 1 unspecified atom stereocenters. The molecule has 0 aliphatic rings. The lowest BCUT2D eigenvalue weighted by molar-refractivity contribution is 0.507. The summed E-state index contributed by atoms with van der Waals surface area (Å²) in [5, 5.41) is 14.3. The standard InChI is InChI=1S/C27H27N7O/c1-3-7-24(22-9-5-4-8-19(22)2)34-17-16-33(27(34)35)18-20-11-13-21(14-12-20)25-23(10-6-15-28-25)26-29-31-32-30-26/h4-6,8-17,24H,3,7,18H2,1-2H3,(H,29,30,31,32). The van der Waals surface area contributed by atoms with Crippen molar-refractivity contribution in [3.05, 3.63) is 106 Å². The summed E-state index contributed by atoms with van der Waals surface area (Å²) in [6, 6.07) is 20.2. The topological polar surface area (TPSA) is 94.3 Å². The monoisotopic (exact) mass is 465 g/mol. The van der Waals surface area contributed by atoms with E-state index in [0.717, 1.165) is 35.2 Å². The van der Waals surface area contributed by atoms with Gasteiger partial charge in [0.05, 0.1) is 18.3 Å². The summed E-state index contributed by atoms with van der Waals surface area (Å²) in [5.74, 6) is 0.500. The fourth-order valence-corrected chi connectivity index (χ4v) is 4.52. The van der Waals surface area contributed by atoms with Crippen LogP contribution in [0.15, 0.2) is 84.0 Å². The molecular formula is C27H27N7O. The van der Waals surface area contributed by atoms with E-state index in [-0.39, 0.29) is 11.7 Å². The first-order chi connectivity index (χ1) is 17.2. The van der Waals surface area contributed by atoms with Crippen LogP contribution in [0.4, 0.5) is 0 Å². The second kappa shape index (κ2) is 9.89. The molecule has 176 valence electrons. The Labute approximate surface area is 203 Å². The highest BCUT2D eigenvalue weighted by Crippen LogP contribution is 2.28. The number of nitrogens with one attached hydrogen (secondary N) is 1. The lowest BCUT2D eigenvalue weighted by Gasteiger charge is -2.19. The minimum Gasteiger partial charge on any atom is -0.295 e. The Balaban J connectivity index is 1.40. The Hall–Kier alpha value is -4.33. The van der Waals surface area contributed by atoms with Gasteiger partial charge < -0.3 is 0 Å². The lowest BCUT2D eigenvalue weighted by atomic mass is 9.98. The Morgan fingerprint density at radius 1 is 1.00 bits per heavy atom. The van der Waals surface area contributed by atoms with E-state index in [4.69, 9.17) is 0 Å². The van der Waals surface area contributed by atoms with E-state index < -0.39 is 0 Å². The van der Waals surface area contributed by atoms with Gasteiger partial charge in [0.25, 0.3) is 0 Å². The number of benzene rings is 2. The van der Waals surface area contributed by atoms with Crippen molar-refractivity contribution in [3.8, 4) is 22.6 Å². The molecular weight excluding hydrogens is 438 g/mol. The molecule has 0 saturated heterocycles. The number of aryl methyl sites for hydroxylation is 1. The van der Waals surface area contributed by atoms with Gasteiger partial charge in [0.2, 0.25) is 5.82 Å². The Kier molecular flexibility index (Phi) is 6.34. The van der Waals surface area contributed by atoms with Crippen molar-refractivity contribution in [2.75, 3.05) is 0 Å². The third-order valence-corrected chi connectivity index (χ3v) is 6.29. The predicted octanol–water partition coefficient (Wildman–Crippen LogP) is 4.64. The number of imidazole rings is 1. The van der Waals surface area contributed by atoms with E-state index in [0.29, 0.717) is 12.4 Å². The summed E-state index contributed by atoms with van der Waals surface area (Å²) >= 11 is 0. The van der Waals surface area contributed by atoms with Crippen LogP contribution >= 0.6 is 0 Å². The maximum Gasteiger partial charge on any atom is 0.329 e. The van der Waals surface area contributed by atoms with Gasteiger partial charge in [0, 0.05) is 29.7 Å². The van der Waals surface area contributed by atoms with E-state index in [2.05, 4.69) is 51.6 Å². The number of hydrogen-bond donors (Lipinski definition) is 1. The van der Waals surface area contributed by atoms with Crippen LogP contribution in [0.2, 0.25) is 0 Å². The van der Waals surface area contributed by atoms with Gasteiger partial charge in [-0.3, -0.25) is 14.1 Å². The van der Waals surface area contributed by atoms with Crippen LogP contribution in [0.1, 0.15) is 42.5 Å². The molecule has 0 saturated carbocycles. The molecule has 8 nitrogen and oxygen atoms in total. The highest BCUT2D eigenvalue weighted by Gasteiger charge is 2.18. The van der Waals surface area contributed by atoms with Crippen molar-refractivity contribution in [3.63, 3.8) is 0 Å². The largest absolute Gasteiger partial charge is 0.329 e. The number of tetrazole rings is 1. The fraction of sp³-hybridized carbons (Fsp3) is 0.222. The Morgan fingerprint density at radius 2 is 1.83 bits per heavy atom. The first kappa shape index (κ1) is 22.5. The van der Waals surface area contributed by atoms with E-state index >= 15 is 0 Å². The Morgan fingerprint density at radius 3 is 2.57 bits per heavy atom. The average Bonchev–Trinajstić information content (AvgIpc) is 3.55. The smallest absolute Gasteiger partial charge is 0.295 e. The van der Waals surface area contributed by atoms with E-state index in [1.165, 1.54) is 11.1 Å². The van der Waals surface area contributed by atoms with Gasteiger partial charge in [-0.15, -0.1) is 10.2 Å². The van der Waals surface area contributed by atoms with Crippen LogP contribution in [0, 0.1) is 6.92 Å². The number of hydrogen-bond acceptors (Lipinski definition) is 5. The highest BCUT2D eigenvalue weighted by atomic mass is 16.1. The quantitative estimate of drug-likeness (QED) is 0.360. The third kappa shape index (κ3) is 4.55. The van der Waals surface area contributed by atoms with E-state index in [1.807, 2.05) is 65.5 Å². The molecule has 0 bridgehead atoms. The van der Waals surface area contributed by atoms with Crippen LogP contribution in [0.25, 0.3) is 22.6 Å². The fourth-order valence-electron chi connectivity index (χ4n) is 4.52. The molecule has 0 aliphatic heterocycles. The molecule has 0 fully saturated rings. The van der Waals surface area contributed by atoms with Crippen molar-refractivity contribution < 1.29 is 0 Å². The van der Waals surface area contributed by atoms with Crippen molar-refractivity contribution in [2.24, 2.45) is 0 Å². The molecule has 0 aliphatic carbocycles. The van der Waals surface area contributed by atoms with Crippen LogP contribution in [-0.2, 0) is 6.54 Å². The van der Waals surface area contributed by atoms with Crippen LogP contribution in [-0.4, -0.2) is 34.7 Å². The van der Waals surface area contributed by atoms with Gasteiger partial charge >= 0.3 is 5.69 Å². The normalized spacial score (nSPS) is 12.1. The minimum absolute atomic E-state index is 0.0000941. The van der Waals surface area contributed by atoms with Gasteiger partial charge in [-0.1, -0.05) is 61.9 Å². The molecule has 35 heavy (non-hydrogen) atoms. The summed E-state index contributed by atoms with van der Waals surface area (Å²) in [5.41, 5.74) is 5.97. The van der Waals surface area contributed by atoms with Gasteiger partial charge in [-0.2, -0.15) is 5.21 Å². The first-order valence-corrected chi connectivity index (χ1v) is 11.8. The second-order valence-corrected chi connectivity index (χ2v) is 8.61. The maximum absolute atomic E-state index is 13.3. The van der Waals surface area contributed by atoms with Crippen LogP contribution in [0.5, 0.6) is 0 Å². The summed E-state index contributed by atoms with van der Waals surface area (Å²) < 4.78 is 3.63. The summed E-state index contributed by atoms with van der Waals surface area (Å²) in [7, 11) is 0. The zero-order valence-corrected chi connectivity index (χ0v) is 19.8. The maximum atomic E-state index is 13.3. The number of pyridine rings is 1. The van der Waals surface area contributed by atoms with Gasteiger partial charge in [0.15, 0.2) is 0 Å². The molecule has 3 heterocycles. The molecule has 8 heteroatoms. The number of aromatic amines is 1. The van der Waals surface area contributed by atoms with Crippen molar-refractivity contribution in [2.45, 2.75) is 39.3 Å². The lowest BCUT2D eigenvalue weighted by Crippen LogP contribution is -2.28. The molecule has 3 aromatic heterocycles. The number of nitrogens with zero attached hydrogens (tertiary/aromatic N) is 6. The zero-order chi connectivity index (χ0) is 24.2. The van der Waals surface area contributed by atoms with Crippen molar-refractivity contribution >= 4 is 0 Å². The first-order valence-electron chi connectivity index (χ1n) is 11.8. The molecule has 1 N–H and O–H groups in total. The molecule has 2 aromatic carbocycles. The SMILES string of the molecule is CCCC(c1ccccc1C)n1ccn(Cc2ccc(-c3ncccc3-c3nn[nH]n3)cc2)c1=O.